The molecule has 10 heteroatoms. The number of fused-ring (bicyclic) bond motifs is 2. The van der Waals surface area contributed by atoms with E-state index in [1.54, 1.807) is 49.1 Å². The third-order valence-corrected chi connectivity index (χ3v) is 6.43. The minimum atomic E-state index is -0.952. The number of nitrogens with one attached hydrogen (secondary N) is 2. The van der Waals surface area contributed by atoms with Gasteiger partial charge < -0.3 is 29.7 Å². The van der Waals surface area contributed by atoms with Crippen LogP contribution in [0.1, 0.15) is 20.3 Å². The molecule has 0 radical (unpaired) electrons. The number of rotatable bonds is 4. The lowest BCUT2D eigenvalue weighted by atomic mass is 10.0. The molecule has 10 nitrogen and oxygen atoms in total. The zero-order valence-electron chi connectivity index (χ0n) is 20.7. The van der Waals surface area contributed by atoms with Crippen LogP contribution in [-0.2, 0) is 19.1 Å². The summed E-state index contributed by atoms with van der Waals surface area (Å²) < 4.78 is 16.5. The van der Waals surface area contributed by atoms with Crippen LogP contribution in [0.5, 0.6) is 11.5 Å². The topological polar surface area (TPSA) is 119 Å². The monoisotopic (exact) mass is 504 g/mol. The molecule has 1 saturated heterocycles. The van der Waals surface area contributed by atoms with Crippen molar-refractivity contribution in [3.63, 3.8) is 0 Å². The molecule has 3 aliphatic rings. The van der Waals surface area contributed by atoms with Crippen LogP contribution < -0.4 is 25.0 Å². The smallest absolute Gasteiger partial charge is 0.322 e. The molecule has 2 atom stereocenters. The summed E-state index contributed by atoms with van der Waals surface area (Å²) in [5.74, 6) is -1.34. The zero-order valence-corrected chi connectivity index (χ0v) is 20.7. The number of carbonyl (C=O) groups excluding carboxylic acids is 3. The maximum atomic E-state index is 13.4. The summed E-state index contributed by atoms with van der Waals surface area (Å²) in [6.45, 7) is 4.80. The number of aliphatic imine (C=N–C) groups is 1. The normalized spacial score (nSPS) is 21.5. The molecule has 192 valence electrons. The van der Waals surface area contributed by atoms with Crippen molar-refractivity contribution in [3.05, 3.63) is 54.2 Å². The maximum absolute atomic E-state index is 13.4. The molecule has 0 spiro atoms. The fourth-order valence-electron chi connectivity index (χ4n) is 4.61. The number of nitrogens with zero attached hydrogens (tertiary/aromatic N) is 2. The van der Waals surface area contributed by atoms with Crippen molar-refractivity contribution < 1.29 is 28.6 Å². The minimum absolute atomic E-state index is 0.0307. The molecule has 3 aliphatic heterocycles. The summed E-state index contributed by atoms with van der Waals surface area (Å²) >= 11 is 0. The Morgan fingerprint density at radius 2 is 1.97 bits per heavy atom. The summed E-state index contributed by atoms with van der Waals surface area (Å²) in [6.07, 6.45) is 1.79. The molecule has 0 saturated carbocycles. The molecule has 0 unspecified atom stereocenters. The first-order valence-electron chi connectivity index (χ1n) is 12.3. The Hall–Kier alpha value is -4.34. The third kappa shape index (κ3) is 4.87. The molecule has 2 aromatic rings. The zero-order chi connectivity index (χ0) is 25.9. The number of hydrogen-bond acceptors (Lipinski definition) is 8. The lowest BCUT2D eigenvalue weighted by molar-refractivity contribution is -0.144. The molecule has 2 amide bonds. The van der Waals surface area contributed by atoms with Gasteiger partial charge in [0.15, 0.2) is 17.4 Å². The van der Waals surface area contributed by atoms with E-state index >= 15 is 0 Å². The number of para-hydroxylation sites is 2. The van der Waals surface area contributed by atoms with E-state index in [4.69, 9.17) is 14.2 Å². The van der Waals surface area contributed by atoms with Gasteiger partial charge in [-0.15, -0.1) is 0 Å². The molecule has 0 aromatic heterocycles. The van der Waals surface area contributed by atoms with Gasteiger partial charge in [0, 0.05) is 30.4 Å². The van der Waals surface area contributed by atoms with Crippen LogP contribution in [0.4, 0.5) is 17.1 Å². The second kappa shape index (κ2) is 10.3. The molecule has 0 bridgehead atoms. The summed E-state index contributed by atoms with van der Waals surface area (Å²) in [5, 5.41) is 6.09. The molecule has 5 rings (SSSR count). The molecule has 2 aromatic carbocycles. The first-order chi connectivity index (χ1) is 18.0. The molecular weight excluding hydrogens is 476 g/mol. The van der Waals surface area contributed by atoms with E-state index in [-0.39, 0.29) is 31.3 Å². The van der Waals surface area contributed by atoms with Gasteiger partial charge in [-0.05, 0) is 38.1 Å². The van der Waals surface area contributed by atoms with Gasteiger partial charge in [0.1, 0.15) is 19.0 Å². The number of carbonyl (C=O) groups is 3. The number of anilines is 2. The highest BCUT2D eigenvalue weighted by Gasteiger charge is 2.39. The number of allylic oxidation sites excluding steroid dienone is 1. The fraction of sp³-hybridized carbons (Fsp3) is 0.333. The van der Waals surface area contributed by atoms with Gasteiger partial charge in [0.2, 0.25) is 11.8 Å². The van der Waals surface area contributed by atoms with Crippen LogP contribution in [-0.4, -0.2) is 50.0 Å². The molecule has 0 aliphatic carbocycles. The van der Waals surface area contributed by atoms with Crippen molar-refractivity contribution in [2.24, 2.45) is 16.8 Å². The Bertz CT molecular complexity index is 1300. The number of hydrogen-bond donors (Lipinski definition) is 2. The highest BCUT2D eigenvalue weighted by atomic mass is 16.6. The quantitative estimate of drug-likeness (QED) is 0.614. The van der Waals surface area contributed by atoms with Gasteiger partial charge >= 0.3 is 5.97 Å². The van der Waals surface area contributed by atoms with Gasteiger partial charge in [0.25, 0.3) is 0 Å². The number of amidine groups is 1. The van der Waals surface area contributed by atoms with Crippen LogP contribution in [0.15, 0.2) is 59.2 Å². The Labute approximate surface area is 214 Å². The van der Waals surface area contributed by atoms with Gasteiger partial charge in [-0.25, -0.2) is 4.99 Å². The fourth-order valence-corrected chi connectivity index (χ4v) is 4.61. The first kappa shape index (κ1) is 24.4. The van der Waals surface area contributed by atoms with Crippen LogP contribution in [0.25, 0.3) is 0 Å². The predicted molar refractivity (Wildman–Crippen MR) is 137 cm³/mol. The lowest BCUT2D eigenvalue weighted by Crippen LogP contribution is -2.44. The van der Waals surface area contributed by atoms with E-state index < -0.39 is 23.7 Å². The first-order valence-corrected chi connectivity index (χ1v) is 12.3. The lowest BCUT2D eigenvalue weighted by Gasteiger charge is -2.22. The summed E-state index contributed by atoms with van der Waals surface area (Å²) in [5.41, 5.74) is 2.46. The van der Waals surface area contributed by atoms with Crippen molar-refractivity contribution >= 4 is 40.7 Å². The summed E-state index contributed by atoms with van der Waals surface area (Å²) in [6, 6.07) is 12.6. The maximum Gasteiger partial charge on any atom is 0.322 e. The molecule has 3 heterocycles. The van der Waals surface area contributed by atoms with Crippen LogP contribution in [0, 0.1) is 11.8 Å². The number of esters is 1. The third-order valence-electron chi connectivity index (χ3n) is 6.43. The van der Waals surface area contributed by atoms with Crippen LogP contribution >= 0.6 is 0 Å². The SMILES string of the molecule is C/C=C1/Nc2ccccc2N=C(NC(=O)[C@H]2CC(=O)N(c3ccc4c(c3)OCCO4)C2)[C@H]1C(=O)OCC. The minimum Gasteiger partial charge on any atom is -0.486 e. The summed E-state index contributed by atoms with van der Waals surface area (Å²) in [4.78, 5) is 45.4. The van der Waals surface area contributed by atoms with Crippen LogP contribution in [0.3, 0.4) is 0 Å². The van der Waals surface area contributed by atoms with Crippen molar-refractivity contribution in [2.75, 3.05) is 36.6 Å². The van der Waals surface area contributed by atoms with Crippen molar-refractivity contribution in [1.82, 2.24) is 5.32 Å². The van der Waals surface area contributed by atoms with E-state index in [0.29, 0.717) is 47.5 Å². The van der Waals surface area contributed by atoms with Crippen molar-refractivity contribution in [2.45, 2.75) is 20.3 Å². The van der Waals surface area contributed by atoms with Crippen molar-refractivity contribution in [3.8, 4) is 11.5 Å². The van der Waals surface area contributed by atoms with Crippen LogP contribution in [0.2, 0.25) is 0 Å². The Morgan fingerprint density at radius 1 is 1.19 bits per heavy atom. The van der Waals surface area contributed by atoms with E-state index in [0.717, 1.165) is 0 Å². The Kier molecular flexibility index (Phi) is 6.80. The highest BCUT2D eigenvalue weighted by Crippen LogP contribution is 2.36. The van der Waals surface area contributed by atoms with Gasteiger partial charge in [0.05, 0.1) is 23.9 Å². The second-order valence-electron chi connectivity index (χ2n) is 8.79. The van der Waals surface area contributed by atoms with Crippen molar-refractivity contribution in [1.29, 1.82) is 0 Å². The van der Waals surface area contributed by atoms with E-state index in [9.17, 15) is 14.4 Å². The number of benzene rings is 2. The number of ether oxygens (including phenoxy) is 3. The summed E-state index contributed by atoms with van der Waals surface area (Å²) in [7, 11) is 0. The van der Waals surface area contributed by atoms with Gasteiger partial charge in [-0.3, -0.25) is 14.4 Å². The average Bonchev–Trinajstić information content (AvgIpc) is 3.22. The predicted octanol–water partition coefficient (Wildman–Crippen LogP) is 3.17. The Balaban J connectivity index is 1.39. The number of amides is 2. The van der Waals surface area contributed by atoms with E-state index in [1.807, 2.05) is 18.2 Å². The Morgan fingerprint density at radius 3 is 2.76 bits per heavy atom. The van der Waals surface area contributed by atoms with E-state index in [2.05, 4.69) is 15.6 Å². The highest BCUT2D eigenvalue weighted by molar-refractivity contribution is 6.13. The molecule has 37 heavy (non-hydrogen) atoms. The molecule has 1 fully saturated rings. The average molecular weight is 505 g/mol. The molecule has 2 N–H and O–H groups in total. The molecular formula is C27H28N4O6. The second-order valence-corrected chi connectivity index (χ2v) is 8.79. The van der Waals surface area contributed by atoms with E-state index in [1.165, 1.54) is 0 Å². The van der Waals surface area contributed by atoms with Gasteiger partial charge in [-0.1, -0.05) is 18.2 Å². The largest absolute Gasteiger partial charge is 0.486 e. The standard InChI is InChI=1S/C27H28N4O6/c1-3-18-24(27(34)35-4-2)25(29-20-8-6-5-7-19(20)28-18)30-26(33)16-13-23(32)31(15-16)17-9-10-21-22(14-17)37-12-11-36-21/h3,5-10,14,16,24,28H,4,11-13,15H2,1-2H3,(H,29,30,33)/b18-3+/t16-,24-/m0/s1. The van der Waals surface area contributed by atoms with Gasteiger partial charge in [-0.2, -0.15) is 0 Å².